The van der Waals surface area contributed by atoms with Crippen molar-refractivity contribution in [3.63, 3.8) is 0 Å². The van der Waals surface area contributed by atoms with Crippen LogP contribution in [0.1, 0.15) is 25.8 Å². The van der Waals surface area contributed by atoms with E-state index in [1.165, 1.54) is 0 Å². The summed E-state index contributed by atoms with van der Waals surface area (Å²) in [6, 6.07) is 4.02. The van der Waals surface area contributed by atoms with Crippen LogP contribution in [0, 0.1) is 0 Å². The van der Waals surface area contributed by atoms with Gasteiger partial charge in [-0.2, -0.15) is 0 Å². The number of pyridine rings is 1. The second-order valence-electron chi connectivity index (χ2n) is 3.24. The minimum absolute atomic E-state index is 0.555. The molecule has 0 saturated carbocycles. The van der Waals surface area contributed by atoms with Gasteiger partial charge in [-0.3, -0.25) is 0 Å². The van der Waals surface area contributed by atoms with Gasteiger partial charge in [-0.1, -0.05) is 6.92 Å². The van der Waals surface area contributed by atoms with E-state index in [9.17, 15) is 0 Å². The summed E-state index contributed by atoms with van der Waals surface area (Å²) >= 11 is 5.78. The Kier molecular flexibility index (Phi) is 4.74. The quantitative estimate of drug-likeness (QED) is 0.698. The summed E-state index contributed by atoms with van der Waals surface area (Å²) in [5, 5.41) is 0. The summed E-state index contributed by atoms with van der Waals surface area (Å²) in [5.41, 5.74) is 1.13. The van der Waals surface area contributed by atoms with Crippen LogP contribution < -0.4 is 4.90 Å². The molecule has 0 radical (unpaired) electrons. The van der Waals surface area contributed by atoms with E-state index in [4.69, 9.17) is 11.6 Å². The first-order chi connectivity index (χ1) is 6.81. The van der Waals surface area contributed by atoms with Gasteiger partial charge in [0.15, 0.2) is 0 Å². The highest BCUT2D eigenvalue weighted by Gasteiger charge is 2.04. The fourth-order valence-corrected chi connectivity index (χ4v) is 1.59. The highest BCUT2D eigenvalue weighted by Crippen LogP contribution is 2.14. The van der Waals surface area contributed by atoms with Crippen molar-refractivity contribution in [3.05, 3.63) is 23.9 Å². The fourth-order valence-electron chi connectivity index (χ4n) is 1.42. The van der Waals surface area contributed by atoms with E-state index in [1.807, 2.05) is 12.3 Å². The molecule has 0 bridgehead atoms. The van der Waals surface area contributed by atoms with Crippen molar-refractivity contribution < 1.29 is 0 Å². The summed E-state index contributed by atoms with van der Waals surface area (Å²) in [7, 11) is 0. The van der Waals surface area contributed by atoms with E-state index < -0.39 is 0 Å². The number of halogens is 1. The van der Waals surface area contributed by atoms with Crippen LogP contribution in [0.25, 0.3) is 0 Å². The Morgan fingerprint density at radius 1 is 1.43 bits per heavy atom. The molecule has 14 heavy (non-hydrogen) atoms. The molecule has 1 heterocycles. The topological polar surface area (TPSA) is 16.1 Å². The van der Waals surface area contributed by atoms with Crippen LogP contribution in [0.4, 0.5) is 5.82 Å². The molecule has 0 N–H and O–H groups in total. The zero-order valence-electron chi connectivity index (χ0n) is 8.83. The number of hydrogen-bond donors (Lipinski definition) is 0. The van der Waals surface area contributed by atoms with E-state index >= 15 is 0 Å². The van der Waals surface area contributed by atoms with Gasteiger partial charge in [0, 0.05) is 25.2 Å². The molecule has 0 aromatic carbocycles. The third-order valence-electron chi connectivity index (χ3n) is 2.16. The lowest BCUT2D eigenvalue weighted by molar-refractivity contribution is 0.778. The van der Waals surface area contributed by atoms with Crippen molar-refractivity contribution in [2.45, 2.75) is 26.1 Å². The van der Waals surface area contributed by atoms with Crippen molar-refractivity contribution in [3.8, 4) is 0 Å². The third kappa shape index (κ3) is 2.88. The summed E-state index contributed by atoms with van der Waals surface area (Å²) in [5.74, 6) is 1.59. The van der Waals surface area contributed by atoms with Crippen molar-refractivity contribution >= 4 is 17.4 Å². The predicted octanol–water partition coefficient (Wildman–Crippen LogP) is 3.06. The molecule has 0 aliphatic rings. The number of alkyl halides is 1. The highest BCUT2D eigenvalue weighted by atomic mass is 35.5. The monoisotopic (exact) mass is 212 g/mol. The molecule has 3 heteroatoms. The smallest absolute Gasteiger partial charge is 0.128 e. The molecule has 0 atom stereocenters. The number of nitrogens with zero attached hydrogens (tertiary/aromatic N) is 2. The normalized spacial score (nSPS) is 10.2. The molecular formula is C11H17ClN2. The molecule has 1 rings (SSSR count). The zero-order chi connectivity index (χ0) is 10.4. The minimum Gasteiger partial charge on any atom is -0.357 e. The molecule has 0 spiro atoms. The van der Waals surface area contributed by atoms with Crippen molar-refractivity contribution in [2.75, 3.05) is 18.0 Å². The van der Waals surface area contributed by atoms with E-state index in [0.717, 1.165) is 30.9 Å². The summed E-state index contributed by atoms with van der Waals surface area (Å²) in [6.45, 7) is 6.36. The lowest BCUT2D eigenvalue weighted by Gasteiger charge is -2.21. The van der Waals surface area contributed by atoms with E-state index in [0.29, 0.717) is 5.88 Å². The largest absolute Gasteiger partial charge is 0.357 e. The first kappa shape index (κ1) is 11.3. The fraction of sp³-hybridized carbons (Fsp3) is 0.545. The average molecular weight is 213 g/mol. The Morgan fingerprint density at radius 3 is 2.79 bits per heavy atom. The van der Waals surface area contributed by atoms with Crippen molar-refractivity contribution in [1.82, 2.24) is 4.98 Å². The maximum absolute atomic E-state index is 5.78. The van der Waals surface area contributed by atoms with Crippen molar-refractivity contribution in [2.24, 2.45) is 0 Å². The second kappa shape index (κ2) is 5.86. The highest BCUT2D eigenvalue weighted by molar-refractivity contribution is 6.17. The first-order valence-corrected chi connectivity index (χ1v) is 5.61. The molecule has 1 aromatic heterocycles. The molecule has 2 nitrogen and oxygen atoms in total. The Labute approximate surface area is 90.9 Å². The average Bonchev–Trinajstić information content (AvgIpc) is 2.26. The molecular weight excluding hydrogens is 196 g/mol. The lowest BCUT2D eigenvalue weighted by Crippen LogP contribution is -2.24. The number of hydrogen-bond acceptors (Lipinski definition) is 2. The first-order valence-electron chi connectivity index (χ1n) is 5.07. The Hall–Kier alpha value is -0.760. The molecule has 0 amide bonds. The molecule has 0 fully saturated rings. The van der Waals surface area contributed by atoms with E-state index in [2.05, 4.69) is 29.8 Å². The SMILES string of the molecule is CCCN(CC)c1cc(CCl)ccn1. The van der Waals surface area contributed by atoms with Gasteiger partial charge < -0.3 is 4.90 Å². The second-order valence-corrected chi connectivity index (χ2v) is 3.50. The number of anilines is 1. The molecule has 0 aliphatic heterocycles. The van der Waals surface area contributed by atoms with Gasteiger partial charge in [0.1, 0.15) is 5.82 Å². The van der Waals surface area contributed by atoms with Crippen LogP contribution in [0.3, 0.4) is 0 Å². The van der Waals surface area contributed by atoms with Crippen LogP contribution in [0.2, 0.25) is 0 Å². The molecule has 0 unspecified atom stereocenters. The van der Waals surface area contributed by atoms with Gasteiger partial charge in [-0.05, 0) is 31.0 Å². The maximum Gasteiger partial charge on any atom is 0.128 e. The van der Waals surface area contributed by atoms with Crippen molar-refractivity contribution in [1.29, 1.82) is 0 Å². The number of aromatic nitrogens is 1. The lowest BCUT2D eigenvalue weighted by atomic mass is 10.3. The summed E-state index contributed by atoms with van der Waals surface area (Å²) < 4.78 is 0. The molecule has 0 saturated heterocycles. The van der Waals surface area contributed by atoms with Gasteiger partial charge in [0.05, 0.1) is 0 Å². The third-order valence-corrected chi connectivity index (χ3v) is 2.47. The maximum atomic E-state index is 5.78. The Balaban J connectivity index is 2.80. The van der Waals surface area contributed by atoms with E-state index in [1.54, 1.807) is 0 Å². The van der Waals surface area contributed by atoms with Crippen LogP contribution >= 0.6 is 11.6 Å². The van der Waals surface area contributed by atoms with Gasteiger partial charge >= 0.3 is 0 Å². The van der Waals surface area contributed by atoms with Gasteiger partial charge in [-0.15, -0.1) is 11.6 Å². The zero-order valence-corrected chi connectivity index (χ0v) is 9.59. The Bertz CT molecular complexity index is 276. The summed E-state index contributed by atoms with van der Waals surface area (Å²) in [6.07, 6.45) is 2.96. The Morgan fingerprint density at radius 2 is 2.21 bits per heavy atom. The molecule has 0 aliphatic carbocycles. The van der Waals surface area contributed by atoms with Gasteiger partial charge in [0.25, 0.3) is 0 Å². The van der Waals surface area contributed by atoms with Gasteiger partial charge in [-0.25, -0.2) is 4.98 Å². The van der Waals surface area contributed by atoms with E-state index in [-0.39, 0.29) is 0 Å². The van der Waals surface area contributed by atoms with Crippen LogP contribution in [0.15, 0.2) is 18.3 Å². The minimum atomic E-state index is 0.555. The van der Waals surface area contributed by atoms with Crippen LogP contribution in [-0.4, -0.2) is 18.1 Å². The predicted molar refractivity (Wildman–Crippen MR) is 62.0 cm³/mol. The van der Waals surface area contributed by atoms with Crippen LogP contribution in [-0.2, 0) is 5.88 Å². The summed E-state index contributed by atoms with van der Waals surface area (Å²) in [4.78, 5) is 6.60. The molecule has 1 aromatic rings. The van der Waals surface area contributed by atoms with Gasteiger partial charge in [0.2, 0.25) is 0 Å². The van der Waals surface area contributed by atoms with Crippen LogP contribution in [0.5, 0.6) is 0 Å². The molecule has 78 valence electrons. The number of rotatable bonds is 5. The standard InChI is InChI=1S/C11H17ClN2/c1-3-7-14(4-2)11-8-10(9-12)5-6-13-11/h5-6,8H,3-4,7,9H2,1-2H3.